The van der Waals surface area contributed by atoms with Gasteiger partial charge >= 0.3 is 0 Å². The molecule has 2 rings (SSSR count). The Morgan fingerprint density at radius 2 is 1.88 bits per heavy atom. The standard InChI is InChI=1S/C19H23N3O2/c1-23-11-12-24-18-7-8-19(17(13-18)14-20)22-10-9-21-15-16-5-3-2-4-6-16/h2-8,13,21-22H,9-12,15H2,1H3. The van der Waals surface area contributed by atoms with Gasteiger partial charge in [-0.15, -0.1) is 0 Å². The van der Waals surface area contributed by atoms with E-state index in [1.54, 1.807) is 13.2 Å². The van der Waals surface area contributed by atoms with Crippen LogP contribution in [-0.4, -0.2) is 33.4 Å². The topological polar surface area (TPSA) is 66.3 Å². The molecule has 0 aliphatic heterocycles. The van der Waals surface area contributed by atoms with Gasteiger partial charge in [-0.05, 0) is 23.8 Å². The third-order valence-electron chi connectivity index (χ3n) is 3.46. The number of nitriles is 1. The quantitative estimate of drug-likeness (QED) is 0.658. The zero-order valence-electron chi connectivity index (χ0n) is 13.9. The van der Waals surface area contributed by atoms with Crippen LogP contribution in [0, 0.1) is 11.3 Å². The molecule has 24 heavy (non-hydrogen) atoms. The molecule has 126 valence electrons. The molecule has 0 bridgehead atoms. The van der Waals surface area contributed by atoms with Crippen molar-refractivity contribution in [1.82, 2.24) is 5.32 Å². The highest BCUT2D eigenvalue weighted by atomic mass is 16.5. The smallest absolute Gasteiger partial charge is 0.120 e. The van der Waals surface area contributed by atoms with Crippen LogP contribution in [0.1, 0.15) is 11.1 Å². The molecule has 0 atom stereocenters. The molecule has 0 amide bonds. The minimum absolute atomic E-state index is 0.470. The summed E-state index contributed by atoms with van der Waals surface area (Å²) in [6.45, 7) is 3.38. The van der Waals surface area contributed by atoms with E-state index in [0.29, 0.717) is 24.5 Å². The lowest BCUT2D eigenvalue weighted by atomic mass is 10.2. The maximum absolute atomic E-state index is 9.28. The van der Waals surface area contributed by atoms with Crippen LogP contribution in [0.2, 0.25) is 0 Å². The predicted molar refractivity (Wildman–Crippen MR) is 95.2 cm³/mol. The number of benzene rings is 2. The Morgan fingerprint density at radius 1 is 1.04 bits per heavy atom. The lowest BCUT2D eigenvalue weighted by molar-refractivity contribution is 0.146. The van der Waals surface area contributed by atoms with Gasteiger partial charge in [-0.25, -0.2) is 0 Å². The highest BCUT2D eigenvalue weighted by molar-refractivity contribution is 5.59. The van der Waals surface area contributed by atoms with Gasteiger partial charge in [0.1, 0.15) is 18.4 Å². The summed E-state index contributed by atoms with van der Waals surface area (Å²) >= 11 is 0. The highest BCUT2D eigenvalue weighted by Crippen LogP contribution is 2.21. The van der Waals surface area contributed by atoms with Crippen LogP contribution in [0.3, 0.4) is 0 Å². The third kappa shape index (κ3) is 5.92. The fourth-order valence-electron chi connectivity index (χ4n) is 2.22. The molecule has 0 aromatic heterocycles. The summed E-state index contributed by atoms with van der Waals surface area (Å²) in [4.78, 5) is 0. The molecule has 5 nitrogen and oxygen atoms in total. The monoisotopic (exact) mass is 325 g/mol. The van der Waals surface area contributed by atoms with Crippen molar-refractivity contribution in [2.45, 2.75) is 6.54 Å². The van der Waals surface area contributed by atoms with Gasteiger partial charge in [0, 0.05) is 26.7 Å². The first-order chi connectivity index (χ1) is 11.8. The van der Waals surface area contributed by atoms with Crippen LogP contribution in [-0.2, 0) is 11.3 Å². The Hall–Kier alpha value is -2.55. The number of anilines is 1. The first kappa shape index (κ1) is 17.8. The molecule has 0 heterocycles. The van der Waals surface area contributed by atoms with Crippen LogP contribution < -0.4 is 15.4 Å². The number of methoxy groups -OCH3 is 1. The van der Waals surface area contributed by atoms with Gasteiger partial charge in [0.05, 0.1) is 17.9 Å². The molecule has 5 heteroatoms. The van der Waals surface area contributed by atoms with E-state index in [-0.39, 0.29) is 0 Å². The van der Waals surface area contributed by atoms with Crippen molar-refractivity contribution in [2.24, 2.45) is 0 Å². The summed E-state index contributed by atoms with van der Waals surface area (Å²) in [6.07, 6.45) is 0. The minimum atomic E-state index is 0.470. The summed E-state index contributed by atoms with van der Waals surface area (Å²) in [5.41, 5.74) is 2.65. The van der Waals surface area contributed by atoms with Gasteiger partial charge in [0.15, 0.2) is 0 Å². The second kappa shape index (κ2) is 10.3. The first-order valence-corrected chi connectivity index (χ1v) is 7.98. The lowest BCUT2D eigenvalue weighted by Crippen LogP contribution is -2.22. The van der Waals surface area contributed by atoms with Gasteiger partial charge in [0.2, 0.25) is 0 Å². The molecule has 0 fully saturated rings. The van der Waals surface area contributed by atoms with Crippen molar-refractivity contribution in [3.63, 3.8) is 0 Å². The molecule has 0 unspecified atom stereocenters. The van der Waals surface area contributed by atoms with Crippen molar-refractivity contribution in [1.29, 1.82) is 5.26 Å². The molecule has 0 aliphatic rings. The lowest BCUT2D eigenvalue weighted by Gasteiger charge is -2.11. The molecular formula is C19H23N3O2. The average molecular weight is 325 g/mol. The summed E-state index contributed by atoms with van der Waals surface area (Å²) in [7, 11) is 1.63. The average Bonchev–Trinajstić information content (AvgIpc) is 2.63. The normalized spacial score (nSPS) is 10.2. The maximum atomic E-state index is 9.28. The van der Waals surface area contributed by atoms with E-state index >= 15 is 0 Å². The van der Waals surface area contributed by atoms with Crippen molar-refractivity contribution in [2.75, 3.05) is 38.7 Å². The van der Waals surface area contributed by atoms with Gasteiger partial charge in [-0.2, -0.15) is 5.26 Å². The molecule has 0 aliphatic carbocycles. The van der Waals surface area contributed by atoms with E-state index in [1.165, 1.54) is 5.56 Å². The summed E-state index contributed by atoms with van der Waals surface area (Å²) in [6, 6.07) is 17.9. The summed E-state index contributed by atoms with van der Waals surface area (Å²) < 4.78 is 10.5. The van der Waals surface area contributed by atoms with Gasteiger partial charge < -0.3 is 20.1 Å². The Kier molecular flexibility index (Phi) is 7.61. The molecule has 0 radical (unpaired) electrons. The largest absolute Gasteiger partial charge is 0.491 e. The molecule has 0 saturated heterocycles. The van der Waals surface area contributed by atoms with E-state index < -0.39 is 0 Å². The van der Waals surface area contributed by atoms with Crippen LogP contribution in [0.25, 0.3) is 0 Å². The van der Waals surface area contributed by atoms with Crippen molar-refractivity contribution in [3.8, 4) is 11.8 Å². The van der Waals surface area contributed by atoms with Crippen molar-refractivity contribution in [3.05, 3.63) is 59.7 Å². The van der Waals surface area contributed by atoms with E-state index in [9.17, 15) is 5.26 Å². The Balaban J connectivity index is 1.76. The second-order valence-electron chi connectivity index (χ2n) is 5.25. The number of nitrogens with one attached hydrogen (secondary N) is 2. The maximum Gasteiger partial charge on any atom is 0.120 e. The van der Waals surface area contributed by atoms with Crippen LogP contribution in [0.15, 0.2) is 48.5 Å². The SMILES string of the molecule is COCCOc1ccc(NCCNCc2ccccc2)c(C#N)c1. The number of hydrogen-bond acceptors (Lipinski definition) is 5. The van der Waals surface area contributed by atoms with E-state index in [1.807, 2.05) is 30.3 Å². The minimum Gasteiger partial charge on any atom is -0.491 e. The molecular weight excluding hydrogens is 302 g/mol. The van der Waals surface area contributed by atoms with Crippen molar-refractivity contribution < 1.29 is 9.47 Å². The Labute approximate surface area is 143 Å². The van der Waals surface area contributed by atoms with Gasteiger partial charge in [0.25, 0.3) is 0 Å². The molecule has 2 N–H and O–H groups in total. The Bertz CT molecular complexity index is 653. The number of rotatable bonds is 10. The first-order valence-electron chi connectivity index (χ1n) is 7.98. The number of ether oxygens (including phenoxy) is 2. The summed E-state index contributed by atoms with van der Waals surface area (Å²) in [5, 5.41) is 15.9. The third-order valence-corrected chi connectivity index (χ3v) is 3.46. The second-order valence-corrected chi connectivity index (χ2v) is 5.25. The molecule has 2 aromatic rings. The van der Waals surface area contributed by atoms with E-state index in [0.717, 1.165) is 25.3 Å². The van der Waals surface area contributed by atoms with E-state index in [2.05, 4.69) is 28.8 Å². The van der Waals surface area contributed by atoms with Gasteiger partial charge in [-0.1, -0.05) is 30.3 Å². The molecule has 0 spiro atoms. The molecule has 0 saturated carbocycles. The van der Waals surface area contributed by atoms with E-state index in [4.69, 9.17) is 9.47 Å². The fourth-order valence-corrected chi connectivity index (χ4v) is 2.22. The van der Waals surface area contributed by atoms with Gasteiger partial charge in [-0.3, -0.25) is 0 Å². The highest BCUT2D eigenvalue weighted by Gasteiger charge is 2.04. The number of nitrogens with zero attached hydrogens (tertiary/aromatic N) is 1. The number of hydrogen-bond donors (Lipinski definition) is 2. The fraction of sp³-hybridized carbons (Fsp3) is 0.316. The van der Waals surface area contributed by atoms with Crippen LogP contribution >= 0.6 is 0 Å². The summed E-state index contributed by atoms with van der Waals surface area (Å²) in [5.74, 6) is 0.677. The zero-order valence-corrected chi connectivity index (χ0v) is 13.9. The van der Waals surface area contributed by atoms with Crippen LogP contribution in [0.5, 0.6) is 5.75 Å². The predicted octanol–water partition coefficient (Wildman–Crippen LogP) is 2.79. The Morgan fingerprint density at radius 3 is 2.62 bits per heavy atom. The van der Waals surface area contributed by atoms with Crippen LogP contribution in [0.4, 0.5) is 5.69 Å². The molecule has 2 aromatic carbocycles. The zero-order chi connectivity index (χ0) is 17.0. The van der Waals surface area contributed by atoms with Crippen molar-refractivity contribution >= 4 is 5.69 Å².